The molecule has 4 rings (SSSR count). The van der Waals surface area contributed by atoms with Crippen LogP contribution in [-0.2, 0) is 4.74 Å². The highest BCUT2D eigenvalue weighted by atomic mass is 16.5. The average Bonchev–Trinajstić information content (AvgIpc) is 2.78. The molecular weight excluding hydrogens is 358 g/mol. The van der Waals surface area contributed by atoms with E-state index in [1.54, 1.807) is 24.4 Å². The van der Waals surface area contributed by atoms with Crippen LogP contribution in [0.4, 0.5) is 11.5 Å². The molecule has 0 bridgehead atoms. The number of rotatable bonds is 3. The zero-order valence-corrected chi connectivity index (χ0v) is 15.9. The summed E-state index contributed by atoms with van der Waals surface area (Å²) in [6.45, 7) is 2.66. The van der Waals surface area contributed by atoms with Gasteiger partial charge in [0, 0.05) is 25.0 Å². The molecule has 0 spiro atoms. The Hall–Kier alpha value is -3.09. The van der Waals surface area contributed by atoms with E-state index in [2.05, 4.69) is 4.98 Å². The van der Waals surface area contributed by atoms with E-state index in [0.717, 1.165) is 31.6 Å². The van der Waals surface area contributed by atoms with Crippen molar-refractivity contribution in [3.05, 3.63) is 47.7 Å². The van der Waals surface area contributed by atoms with Gasteiger partial charge in [-0.15, -0.1) is 0 Å². The molecule has 0 unspecified atom stereocenters. The van der Waals surface area contributed by atoms with Crippen molar-refractivity contribution in [2.24, 2.45) is 0 Å². The van der Waals surface area contributed by atoms with Crippen molar-refractivity contribution in [2.75, 3.05) is 38.3 Å². The summed E-state index contributed by atoms with van der Waals surface area (Å²) in [6.07, 6.45) is 4.88. The maximum atomic E-state index is 12.8. The van der Waals surface area contributed by atoms with Crippen LogP contribution in [0, 0.1) is 0 Å². The highest BCUT2D eigenvalue weighted by molar-refractivity contribution is 5.95. The van der Waals surface area contributed by atoms with E-state index >= 15 is 0 Å². The fourth-order valence-corrected chi connectivity index (χ4v) is 3.67. The van der Waals surface area contributed by atoms with Crippen LogP contribution in [0.25, 0.3) is 0 Å². The molecule has 1 fully saturated rings. The summed E-state index contributed by atoms with van der Waals surface area (Å²) in [7, 11) is 1.36. The second-order valence-corrected chi connectivity index (χ2v) is 6.94. The number of hydrogen-bond donors (Lipinski definition) is 0. The largest absolute Gasteiger partial charge is 0.488 e. The fraction of sp³-hybridized carbons (Fsp3) is 0.381. The Labute approximate surface area is 163 Å². The number of esters is 1. The molecule has 3 heterocycles. The number of hydrogen-bond acceptors (Lipinski definition) is 6. The molecule has 2 aromatic rings. The van der Waals surface area contributed by atoms with Crippen LogP contribution in [-0.4, -0.2) is 55.1 Å². The minimum Gasteiger partial charge on any atom is -0.488 e. The van der Waals surface area contributed by atoms with Crippen LogP contribution < -0.4 is 9.64 Å². The third-order valence-electron chi connectivity index (χ3n) is 5.13. The minimum atomic E-state index is -0.384. The first-order chi connectivity index (χ1) is 13.7. The Morgan fingerprint density at radius 3 is 2.68 bits per heavy atom. The first-order valence-corrected chi connectivity index (χ1v) is 9.55. The molecule has 0 aliphatic carbocycles. The summed E-state index contributed by atoms with van der Waals surface area (Å²) >= 11 is 0. The summed E-state index contributed by atoms with van der Waals surface area (Å²) in [6, 6.07) is 8.98. The van der Waals surface area contributed by atoms with Gasteiger partial charge in [-0.2, -0.15) is 0 Å². The Morgan fingerprint density at radius 2 is 1.89 bits per heavy atom. The van der Waals surface area contributed by atoms with E-state index in [9.17, 15) is 9.59 Å². The van der Waals surface area contributed by atoms with Gasteiger partial charge in [-0.1, -0.05) is 6.07 Å². The van der Waals surface area contributed by atoms with E-state index < -0.39 is 0 Å². The topological polar surface area (TPSA) is 72.0 Å². The van der Waals surface area contributed by atoms with E-state index in [4.69, 9.17) is 9.47 Å². The average molecular weight is 381 g/mol. The van der Waals surface area contributed by atoms with Gasteiger partial charge in [0.1, 0.15) is 6.61 Å². The fourth-order valence-electron chi connectivity index (χ4n) is 3.67. The summed E-state index contributed by atoms with van der Waals surface area (Å²) in [5.41, 5.74) is 1.85. The Kier molecular flexibility index (Phi) is 5.14. The van der Waals surface area contributed by atoms with Crippen molar-refractivity contribution in [1.29, 1.82) is 0 Å². The first kappa shape index (κ1) is 18.3. The van der Waals surface area contributed by atoms with E-state index in [-0.39, 0.29) is 11.9 Å². The number of amides is 1. The summed E-state index contributed by atoms with van der Waals surface area (Å²) in [5, 5.41) is 0. The molecule has 1 saturated heterocycles. The van der Waals surface area contributed by atoms with Crippen LogP contribution in [0.1, 0.15) is 40.0 Å². The van der Waals surface area contributed by atoms with Crippen molar-refractivity contribution in [1.82, 2.24) is 9.88 Å². The van der Waals surface area contributed by atoms with Crippen LogP contribution in [0.15, 0.2) is 36.5 Å². The molecule has 7 heteroatoms. The summed E-state index contributed by atoms with van der Waals surface area (Å²) in [4.78, 5) is 33.0. The highest BCUT2D eigenvalue weighted by Crippen LogP contribution is 2.35. The minimum absolute atomic E-state index is 0.00316. The normalized spacial score (nSPS) is 16.2. The molecule has 7 nitrogen and oxygen atoms in total. The second-order valence-electron chi connectivity index (χ2n) is 6.94. The predicted molar refractivity (Wildman–Crippen MR) is 104 cm³/mol. The lowest BCUT2D eigenvalue weighted by Gasteiger charge is -2.31. The molecular formula is C21H23N3O4. The van der Waals surface area contributed by atoms with Gasteiger partial charge < -0.3 is 19.3 Å². The molecule has 146 valence electrons. The number of piperidine rings is 1. The van der Waals surface area contributed by atoms with Gasteiger partial charge in [0.15, 0.2) is 11.6 Å². The number of fused-ring (bicyclic) bond motifs is 1. The van der Waals surface area contributed by atoms with Crippen molar-refractivity contribution in [3.63, 3.8) is 0 Å². The number of pyridine rings is 1. The number of aromatic nitrogens is 1. The number of likely N-dealkylation sites (tertiary alicyclic amines) is 1. The number of carbonyl (C=O) groups excluding carboxylic acids is 2. The van der Waals surface area contributed by atoms with Gasteiger partial charge in [-0.25, -0.2) is 9.78 Å². The smallest absolute Gasteiger partial charge is 0.337 e. The molecule has 1 aromatic carbocycles. The van der Waals surface area contributed by atoms with Crippen molar-refractivity contribution >= 4 is 23.4 Å². The van der Waals surface area contributed by atoms with E-state index in [1.165, 1.54) is 13.5 Å². The monoisotopic (exact) mass is 381 g/mol. The Bertz CT molecular complexity index is 893. The molecule has 0 saturated carbocycles. The third-order valence-corrected chi connectivity index (χ3v) is 5.13. The van der Waals surface area contributed by atoms with Crippen LogP contribution in [0.5, 0.6) is 5.75 Å². The maximum absolute atomic E-state index is 12.8. The lowest BCUT2D eigenvalue weighted by molar-refractivity contribution is 0.0600. The van der Waals surface area contributed by atoms with Gasteiger partial charge in [-0.05, 0) is 43.5 Å². The SMILES string of the molecule is COC(=O)c1cccc(N2CCOc3cc(C(=O)N4CCCCC4)cnc32)c1. The molecule has 1 amide bonds. The van der Waals surface area contributed by atoms with Crippen LogP contribution >= 0.6 is 0 Å². The Morgan fingerprint density at radius 1 is 1.07 bits per heavy atom. The number of carbonyl (C=O) groups is 2. The molecule has 0 N–H and O–H groups in total. The number of methoxy groups -OCH3 is 1. The highest BCUT2D eigenvalue weighted by Gasteiger charge is 2.25. The standard InChI is InChI=1S/C21H23N3O4/c1-27-21(26)15-6-5-7-17(12-15)24-10-11-28-18-13-16(14-22-19(18)24)20(25)23-8-3-2-4-9-23/h5-7,12-14H,2-4,8-11H2,1H3. The molecule has 0 atom stereocenters. The van der Waals surface area contributed by atoms with Gasteiger partial charge in [0.2, 0.25) is 0 Å². The number of benzene rings is 1. The van der Waals surface area contributed by atoms with E-state index in [1.807, 2.05) is 21.9 Å². The third kappa shape index (κ3) is 3.52. The van der Waals surface area contributed by atoms with Crippen molar-refractivity contribution in [2.45, 2.75) is 19.3 Å². The Balaban J connectivity index is 1.62. The zero-order valence-electron chi connectivity index (χ0n) is 15.9. The molecule has 2 aliphatic rings. The lowest BCUT2D eigenvalue weighted by Crippen LogP contribution is -2.36. The van der Waals surface area contributed by atoms with Gasteiger partial charge in [0.05, 0.1) is 24.8 Å². The molecule has 0 radical (unpaired) electrons. The second kappa shape index (κ2) is 7.88. The van der Waals surface area contributed by atoms with Crippen molar-refractivity contribution in [3.8, 4) is 5.75 Å². The number of ether oxygens (including phenoxy) is 2. The number of anilines is 2. The maximum Gasteiger partial charge on any atom is 0.337 e. The van der Waals surface area contributed by atoms with E-state index in [0.29, 0.717) is 35.8 Å². The lowest BCUT2D eigenvalue weighted by atomic mass is 10.1. The predicted octanol–water partition coefficient (Wildman–Crippen LogP) is 3.02. The molecule has 28 heavy (non-hydrogen) atoms. The van der Waals surface area contributed by atoms with Gasteiger partial charge >= 0.3 is 5.97 Å². The molecule has 2 aliphatic heterocycles. The summed E-state index contributed by atoms with van der Waals surface area (Å²) in [5.74, 6) is 0.843. The zero-order chi connectivity index (χ0) is 19.5. The quantitative estimate of drug-likeness (QED) is 0.761. The van der Waals surface area contributed by atoms with Gasteiger partial charge in [-0.3, -0.25) is 4.79 Å². The number of nitrogens with zero attached hydrogens (tertiary/aromatic N) is 3. The summed E-state index contributed by atoms with van der Waals surface area (Å²) < 4.78 is 10.6. The van der Waals surface area contributed by atoms with Crippen LogP contribution in [0.3, 0.4) is 0 Å². The van der Waals surface area contributed by atoms with Crippen LogP contribution in [0.2, 0.25) is 0 Å². The molecule has 1 aromatic heterocycles. The van der Waals surface area contributed by atoms with Crippen molar-refractivity contribution < 1.29 is 19.1 Å². The van der Waals surface area contributed by atoms with Gasteiger partial charge in [0.25, 0.3) is 5.91 Å². The first-order valence-electron chi connectivity index (χ1n) is 9.55.